The van der Waals surface area contributed by atoms with Gasteiger partial charge >= 0.3 is 0 Å². The molecule has 0 aliphatic rings. The summed E-state index contributed by atoms with van der Waals surface area (Å²) in [6.45, 7) is 0. The summed E-state index contributed by atoms with van der Waals surface area (Å²) in [6, 6.07) is 69.0. The largest absolute Gasteiger partial charge is 0.277 e. The van der Waals surface area contributed by atoms with E-state index in [1.165, 1.54) is 0 Å². The average molecular weight is 704 g/mol. The second-order valence-corrected chi connectivity index (χ2v) is 13.5. The maximum atomic E-state index is 5.32. The molecule has 0 unspecified atom stereocenters. The number of benzene rings is 7. The number of nitrogens with zero attached hydrogens (tertiary/aromatic N) is 5. The zero-order valence-electron chi connectivity index (χ0n) is 29.8. The molecule has 0 radical (unpaired) electrons. The van der Waals surface area contributed by atoms with Gasteiger partial charge in [-0.15, -0.1) is 0 Å². The van der Waals surface area contributed by atoms with E-state index in [4.69, 9.17) is 19.9 Å². The van der Waals surface area contributed by atoms with E-state index in [0.29, 0.717) is 11.6 Å². The van der Waals surface area contributed by atoms with Crippen LogP contribution in [0.5, 0.6) is 0 Å². The van der Waals surface area contributed by atoms with Gasteiger partial charge in [-0.1, -0.05) is 188 Å². The minimum absolute atomic E-state index is 0.676. The third-order valence-corrected chi connectivity index (χ3v) is 10.0. The van der Waals surface area contributed by atoms with Crippen molar-refractivity contribution in [2.75, 3.05) is 0 Å². The van der Waals surface area contributed by atoms with Crippen molar-refractivity contribution in [3.8, 4) is 79.1 Å². The summed E-state index contributed by atoms with van der Waals surface area (Å²) in [7, 11) is 0. The van der Waals surface area contributed by atoms with Crippen LogP contribution in [0.3, 0.4) is 0 Å². The standard InChI is InChI=1S/C50H33N5/c1-5-16-35(17-6-1)44-33-45(52-47(51-44)38-20-9-3-10-21-38)36-30-28-34(29-31-36)40-24-15-25-41(32-40)48-53-49(39-22-11-4-12-23-39)55-46(37-18-7-2-8-19-37)42-26-13-14-27-43(42)50(55)54-48/h1-33H. The summed E-state index contributed by atoms with van der Waals surface area (Å²) in [5.41, 5.74) is 12.0. The predicted octanol–water partition coefficient (Wildman–Crippen LogP) is 12.3. The molecular weight excluding hydrogens is 671 g/mol. The van der Waals surface area contributed by atoms with Gasteiger partial charge in [0.05, 0.1) is 17.1 Å². The van der Waals surface area contributed by atoms with Gasteiger partial charge < -0.3 is 0 Å². The molecule has 0 atom stereocenters. The van der Waals surface area contributed by atoms with Crippen molar-refractivity contribution in [1.29, 1.82) is 0 Å². The molecule has 258 valence electrons. The van der Waals surface area contributed by atoms with Gasteiger partial charge in [-0.2, -0.15) is 0 Å². The molecule has 7 aromatic carbocycles. The van der Waals surface area contributed by atoms with Gasteiger partial charge in [0.25, 0.3) is 0 Å². The molecule has 0 bridgehead atoms. The number of aromatic nitrogens is 5. The third kappa shape index (κ3) is 6.04. The van der Waals surface area contributed by atoms with E-state index < -0.39 is 0 Å². The number of rotatable bonds is 7. The number of hydrogen-bond donors (Lipinski definition) is 0. The van der Waals surface area contributed by atoms with Gasteiger partial charge in [0.15, 0.2) is 11.6 Å². The minimum atomic E-state index is 0.676. The summed E-state index contributed by atoms with van der Waals surface area (Å²) in [6.07, 6.45) is 0. The first-order valence-electron chi connectivity index (χ1n) is 18.4. The smallest absolute Gasteiger partial charge is 0.163 e. The molecule has 10 rings (SSSR count). The van der Waals surface area contributed by atoms with Crippen LogP contribution in [-0.4, -0.2) is 24.3 Å². The molecule has 0 aliphatic heterocycles. The van der Waals surface area contributed by atoms with Gasteiger partial charge in [0.2, 0.25) is 0 Å². The highest BCUT2D eigenvalue weighted by atomic mass is 15.1. The van der Waals surface area contributed by atoms with Crippen LogP contribution in [0.2, 0.25) is 0 Å². The Kier molecular flexibility index (Phi) is 8.08. The van der Waals surface area contributed by atoms with E-state index in [1.807, 2.05) is 48.5 Å². The highest BCUT2D eigenvalue weighted by Crippen LogP contribution is 2.38. The zero-order chi connectivity index (χ0) is 36.6. The third-order valence-electron chi connectivity index (χ3n) is 10.0. The molecule has 3 aromatic heterocycles. The molecule has 0 fully saturated rings. The first kappa shape index (κ1) is 32.2. The van der Waals surface area contributed by atoms with E-state index in [9.17, 15) is 0 Å². The van der Waals surface area contributed by atoms with Crippen molar-refractivity contribution < 1.29 is 0 Å². The maximum absolute atomic E-state index is 5.32. The zero-order valence-corrected chi connectivity index (χ0v) is 29.8. The molecule has 0 amide bonds. The molecule has 0 aliphatic carbocycles. The Morgan fingerprint density at radius 1 is 0.291 bits per heavy atom. The van der Waals surface area contributed by atoms with Crippen LogP contribution in [0.15, 0.2) is 200 Å². The summed E-state index contributed by atoms with van der Waals surface area (Å²) >= 11 is 0. The molecule has 3 heterocycles. The fourth-order valence-corrected chi connectivity index (χ4v) is 7.35. The quantitative estimate of drug-likeness (QED) is 0.166. The predicted molar refractivity (Wildman–Crippen MR) is 224 cm³/mol. The van der Waals surface area contributed by atoms with E-state index in [1.54, 1.807) is 0 Å². The van der Waals surface area contributed by atoms with Crippen LogP contribution in [-0.2, 0) is 0 Å². The van der Waals surface area contributed by atoms with Crippen LogP contribution in [0.1, 0.15) is 0 Å². The lowest BCUT2D eigenvalue weighted by molar-refractivity contribution is 1.05. The number of fused-ring (bicyclic) bond motifs is 3. The van der Waals surface area contributed by atoms with Crippen LogP contribution < -0.4 is 0 Å². The second kappa shape index (κ2) is 13.8. The van der Waals surface area contributed by atoms with Crippen molar-refractivity contribution in [2.45, 2.75) is 0 Å². The van der Waals surface area contributed by atoms with E-state index in [-0.39, 0.29) is 0 Å². The Morgan fingerprint density at radius 2 is 0.764 bits per heavy atom. The van der Waals surface area contributed by atoms with E-state index in [0.717, 1.165) is 83.8 Å². The Balaban J connectivity index is 1.07. The van der Waals surface area contributed by atoms with Crippen molar-refractivity contribution >= 4 is 16.4 Å². The maximum Gasteiger partial charge on any atom is 0.163 e. The summed E-state index contributed by atoms with van der Waals surface area (Å²) in [4.78, 5) is 20.6. The summed E-state index contributed by atoms with van der Waals surface area (Å²) in [5.74, 6) is 2.22. The molecule has 0 saturated carbocycles. The molecule has 55 heavy (non-hydrogen) atoms. The summed E-state index contributed by atoms with van der Waals surface area (Å²) in [5, 5.41) is 2.23. The lowest BCUT2D eigenvalue weighted by atomic mass is 10.00. The first-order chi connectivity index (χ1) is 27.3. The van der Waals surface area contributed by atoms with Gasteiger partial charge in [-0.05, 0) is 28.8 Å². The van der Waals surface area contributed by atoms with Crippen LogP contribution >= 0.6 is 0 Å². The lowest BCUT2D eigenvalue weighted by Crippen LogP contribution is -2.03. The Morgan fingerprint density at radius 3 is 1.42 bits per heavy atom. The van der Waals surface area contributed by atoms with Gasteiger partial charge in [-0.25, -0.2) is 19.9 Å². The SMILES string of the molecule is c1ccc(-c2cc(-c3ccc(-c4cccc(-c5nc(-c6ccccc6)n6c(-c7ccccc7)c7ccccc7c6n5)c4)cc3)nc(-c3ccccc3)n2)cc1. The highest BCUT2D eigenvalue weighted by Gasteiger charge is 2.21. The monoisotopic (exact) mass is 703 g/mol. The molecule has 0 N–H and O–H groups in total. The molecule has 10 aromatic rings. The lowest BCUT2D eigenvalue weighted by Gasteiger charge is -2.13. The van der Waals surface area contributed by atoms with Crippen LogP contribution in [0.4, 0.5) is 0 Å². The van der Waals surface area contributed by atoms with E-state index >= 15 is 0 Å². The molecule has 5 heteroatoms. The Bertz CT molecular complexity index is 2880. The topological polar surface area (TPSA) is 56.0 Å². The molecule has 5 nitrogen and oxygen atoms in total. The van der Waals surface area contributed by atoms with Gasteiger partial charge in [0.1, 0.15) is 11.5 Å². The van der Waals surface area contributed by atoms with E-state index in [2.05, 4.69) is 156 Å². The average Bonchev–Trinajstić information content (AvgIpc) is 3.61. The molecule has 0 spiro atoms. The van der Waals surface area contributed by atoms with Crippen molar-refractivity contribution in [3.63, 3.8) is 0 Å². The minimum Gasteiger partial charge on any atom is -0.277 e. The second-order valence-electron chi connectivity index (χ2n) is 13.5. The fraction of sp³-hybridized carbons (Fsp3) is 0. The van der Waals surface area contributed by atoms with Crippen molar-refractivity contribution in [3.05, 3.63) is 200 Å². The van der Waals surface area contributed by atoms with Gasteiger partial charge in [-0.3, -0.25) is 4.40 Å². The summed E-state index contributed by atoms with van der Waals surface area (Å²) < 4.78 is 2.22. The fourth-order valence-electron chi connectivity index (χ4n) is 7.35. The highest BCUT2D eigenvalue weighted by molar-refractivity contribution is 6.06. The van der Waals surface area contributed by atoms with Gasteiger partial charge in [0, 0.05) is 38.6 Å². The van der Waals surface area contributed by atoms with Crippen molar-refractivity contribution in [1.82, 2.24) is 24.3 Å². The number of hydrogen-bond acceptors (Lipinski definition) is 4. The van der Waals surface area contributed by atoms with Crippen molar-refractivity contribution in [2.24, 2.45) is 0 Å². The van der Waals surface area contributed by atoms with Crippen LogP contribution in [0.25, 0.3) is 95.5 Å². The Hall–Kier alpha value is -7.50. The molecule has 0 saturated heterocycles. The molecular formula is C50H33N5. The normalized spacial score (nSPS) is 11.3. The Labute approximate surface area is 319 Å². The van der Waals surface area contributed by atoms with Crippen LogP contribution in [0, 0.1) is 0 Å². The first-order valence-corrected chi connectivity index (χ1v) is 18.4.